The monoisotopic (exact) mass is 350 g/mol. The fraction of sp³-hybridized carbons (Fsp3) is 0.227. The second-order valence-electron chi connectivity index (χ2n) is 6.40. The van der Waals surface area contributed by atoms with Gasteiger partial charge >= 0.3 is 0 Å². The van der Waals surface area contributed by atoms with E-state index < -0.39 is 5.91 Å². The van der Waals surface area contributed by atoms with Crippen molar-refractivity contribution in [1.82, 2.24) is 4.57 Å². The summed E-state index contributed by atoms with van der Waals surface area (Å²) in [7, 11) is 0. The maximum Gasteiger partial charge on any atom is 0.251 e. The molecule has 0 aliphatic heterocycles. The van der Waals surface area contributed by atoms with Crippen LogP contribution in [0.15, 0.2) is 54.6 Å². The molecule has 0 saturated carbocycles. The zero-order valence-electron chi connectivity index (χ0n) is 15.1. The van der Waals surface area contributed by atoms with Gasteiger partial charge in [0.2, 0.25) is 0 Å². The third-order valence-electron chi connectivity index (χ3n) is 4.79. The largest absolute Gasteiger partial charge is 0.366 e. The second-order valence-corrected chi connectivity index (χ2v) is 6.40. The summed E-state index contributed by atoms with van der Waals surface area (Å²) in [5, 5.41) is 0. The average Bonchev–Trinajstić information content (AvgIpc) is 2.92. The van der Waals surface area contributed by atoms with E-state index in [1.807, 2.05) is 38.1 Å². The highest BCUT2D eigenvalue weighted by Crippen LogP contribution is 2.33. The van der Waals surface area contributed by atoms with Crippen molar-refractivity contribution in [2.75, 3.05) is 0 Å². The molecule has 3 aromatic rings. The zero-order chi connectivity index (χ0) is 18.7. The number of aromatic nitrogens is 1. The van der Waals surface area contributed by atoms with Crippen molar-refractivity contribution in [3.63, 3.8) is 0 Å². The Morgan fingerprint density at radius 1 is 1.12 bits per heavy atom. The number of amides is 1. The Kier molecular flexibility index (Phi) is 5.21. The van der Waals surface area contributed by atoms with Crippen LogP contribution in [-0.2, 0) is 19.4 Å². The number of carbonyl (C=O) groups is 1. The van der Waals surface area contributed by atoms with Gasteiger partial charge in [-0.15, -0.1) is 0 Å². The summed E-state index contributed by atoms with van der Waals surface area (Å²) in [6.07, 6.45) is 1.58. The molecule has 3 nitrogen and oxygen atoms in total. The normalized spacial score (nSPS) is 10.9. The van der Waals surface area contributed by atoms with Gasteiger partial charge in [-0.1, -0.05) is 49.4 Å². The van der Waals surface area contributed by atoms with Gasteiger partial charge in [0.05, 0.1) is 5.56 Å². The summed E-state index contributed by atoms with van der Waals surface area (Å²) in [4.78, 5) is 12.2. The highest BCUT2D eigenvalue weighted by molar-refractivity contribution is 6.02. The van der Waals surface area contributed by atoms with Crippen molar-refractivity contribution >= 4 is 5.91 Å². The number of nitrogens with zero attached hydrogens (tertiary/aromatic N) is 1. The fourth-order valence-electron chi connectivity index (χ4n) is 3.61. The van der Waals surface area contributed by atoms with E-state index in [0.717, 1.165) is 36.3 Å². The number of benzene rings is 2. The van der Waals surface area contributed by atoms with Gasteiger partial charge in [0.25, 0.3) is 5.91 Å². The van der Waals surface area contributed by atoms with E-state index in [4.69, 9.17) is 5.73 Å². The lowest BCUT2D eigenvalue weighted by Crippen LogP contribution is -2.14. The smallest absolute Gasteiger partial charge is 0.251 e. The van der Waals surface area contributed by atoms with Crippen LogP contribution >= 0.6 is 0 Å². The van der Waals surface area contributed by atoms with Crippen LogP contribution in [0.4, 0.5) is 4.39 Å². The van der Waals surface area contributed by atoms with Crippen LogP contribution in [0.25, 0.3) is 11.1 Å². The van der Waals surface area contributed by atoms with E-state index >= 15 is 0 Å². The molecule has 0 unspecified atom stereocenters. The predicted molar refractivity (Wildman–Crippen MR) is 103 cm³/mol. The Balaban J connectivity index is 2.10. The number of rotatable bonds is 6. The van der Waals surface area contributed by atoms with Gasteiger partial charge < -0.3 is 10.3 Å². The van der Waals surface area contributed by atoms with Crippen LogP contribution in [0, 0.1) is 12.7 Å². The number of primary amides is 1. The van der Waals surface area contributed by atoms with Crippen molar-refractivity contribution in [3.8, 4) is 11.1 Å². The second kappa shape index (κ2) is 7.56. The Hall–Kier alpha value is -2.88. The average molecular weight is 350 g/mol. The minimum absolute atomic E-state index is 0.324. The van der Waals surface area contributed by atoms with E-state index in [2.05, 4.69) is 16.7 Å². The number of nitrogens with two attached hydrogens (primary N) is 1. The molecule has 134 valence electrons. The molecule has 0 spiro atoms. The number of hydrogen-bond acceptors (Lipinski definition) is 1. The molecule has 3 rings (SSSR count). The maximum atomic E-state index is 13.8. The molecular weight excluding hydrogens is 327 g/mol. The molecule has 0 saturated heterocycles. The lowest BCUT2D eigenvalue weighted by Gasteiger charge is -2.12. The van der Waals surface area contributed by atoms with Crippen molar-refractivity contribution in [2.45, 2.75) is 33.2 Å². The van der Waals surface area contributed by atoms with Crippen LogP contribution in [0.1, 0.15) is 34.2 Å². The molecule has 2 aromatic carbocycles. The highest BCUT2D eigenvalue weighted by Gasteiger charge is 2.24. The van der Waals surface area contributed by atoms with Crippen LogP contribution in [0.5, 0.6) is 0 Å². The molecule has 0 aliphatic rings. The number of carbonyl (C=O) groups excluding carboxylic acids is 1. The van der Waals surface area contributed by atoms with Crippen molar-refractivity contribution < 1.29 is 9.18 Å². The van der Waals surface area contributed by atoms with Crippen molar-refractivity contribution in [2.24, 2.45) is 5.73 Å². The zero-order valence-corrected chi connectivity index (χ0v) is 15.1. The molecule has 0 radical (unpaired) electrons. The summed E-state index contributed by atoms with van der Waals surface area (Å²) in [5.74, 6) is -0.801. The SMILES string of the molecule is CCc1c(-c2cccc(F)c2)c(C(N)=O)c(C)n1CCc1ccccc1. The van der Waals surface area contributed by atoms with Gasteiger partial charge in [-0.05, 0) is 43.0 Å². The molecule has 0 aliphatic carbocycles. The van der Waals surface area contributed by atoms with E-state index in [1.54, 1.807) is 6.07 Å². The maximum absolute atomic E-state index is 13.8. The first-order chi connectivity index (χ1) is 12.5. The first-order valence-corrected chi connectivity index (χ1v) is 8.84. The van der Waals surface area contributed by atoms with Crippen LogP contribution in [-0.4, -0.2) is 10.5 Å². The topological polar surface area (TPSA) is 48.0 Å². The lowest BCUT2D eigenvalue weighted by atomic mass is 9.98. The van der Waals surface area contributed by atoms with E-state index in [0.29, 0.717) is 11.1 Å². The molecule has 4 heteroatoms. The number of aryl methyl sites for hydroxylation is 1. The van der Waals surface area contributed by atoms with Gasteiger partial charge in [-0.25, -0.2) is 4.39 Å². The molecule has 1 aromatic heterocycles. The summed E-state index contributed by atoms with van der Waals surface area (Å²) >= 11 is 0. The van der Waals surface area contributed by atoms with Gasteiger partial charge in [0, 0.05) is 23.5 Å². The van der Waals surface area contributed by atoms with Gasteiger partial charge in [0.15, 0.2) is 0 Å². The molecule has 2 N–H and O–H groups in total. The minimum Gasteiger partial charge on any atom is -0.366 e. The van der Waals surface area contributed by atoms with Crippen LogP contribution in [0.2, 0.25) is 0 Å². The fourth-order valence-corrected chi connectivity index (χ4v) is 3.61. The third kappa shape index (κ3) is 3.40. The predicted octanol–water partition coefficient (Wildman–Crippen LogP) is 4.51. The Bertz CT molecular complexity index is 929. The Morgan fingerprint density at radius 3 is 2.46 bits per heavy atom. The molecule has 26 heavy (non-hydrogen) atoms. The van der Waals surface area contributed by atoms with Crippen LogP contribution < -0.4 is 5.73 Å². The molecule has 0 bridgehead atoms. The van der Waals surface area contributed by atoms with Gasteiger partial charge in [-0.2, -0.15) is 0 Å². The molecule has 0 fully saturated rings. The Morgan fingerprint density at radius 2 is 1.85 bits per heavy atom. The summed E-state index contributed by atoms with van der Waals surface area (Å²) in [6.45, 7) is 4.70. The molecule has 0 atom stereocenters. The standard InChI is InChI=1S/C22H23FN2O/c1-3-19-21(17-10-7-11-18(23)14-17)20(22(24)26)15(2)25(19)13-12-16-8-5-4-6-9-16/h4-11,14H,3,12-13H2,1-2H3,(H2,24,26). The molecular formula is C22H23FN2O. The highest BCUT2D eigenvalue weighted by atomic mass is 19.1. The van der Waals surface area contributed by atoms with Gasteiger partial charge in [0.1, 0.15) is 5.82 Å². The van der Waals surface area contributed by atoms with E-state index in [1.165, 1.54) is 17.7 Å². The van der Waals surface area contributed by atoms with Gasteiger partial charge in [-0.3, -0.25) is 4.79 Å². The number of hydrogen-bond donors (Lipinski definition) is 1. The van der Waals surface area contributed by atoms with Crippen LogP contribution in [0.3, 0.4) is 0 Å². The minimum atomic E-state index is -0.477. The van der Waals surface area contributed by atoms with Crippen molar-refractivity contribution in [3.05, 3.63) is 82.9 Å². The molecule has 1 heterocycles. The summed E-state index contributed by atoms with van der Waals surface area (Å²) in [5.41, 5.74) is 10.7. The third-order valence-corrected chi connectivity index (χ3v) is 4.79. The summed E-state index contributed by atoms with van der Waals surface area (Å²) in [6, 6.07) is 16.6. The summed E-state index contributed by atoms with van der Waals surface area (Å²) < 4.78 is 15.9. The lowest BCUT2D eigenvalue weighted by molar-refractivity contribution is 0.1000. The van der Waals surface area contributed by atoms with E-state index in [9.17, 15) is 9.18 Å². The number of halogens is 1. The quantitative estimate of drug-likeness (QED) is 0.699. The van der Waals surface area contributed by atoms with E-state index in [-0.39, 0.29) is 5.82 Å². The van der Waals surface area contributed by atoms with Crippen molar-refractivity contribution in [1.29, 1.82) is 0 Å². The first-order valence-electron chi connectivity index (χ1n) is 8.84. The molecule has 1 amide bonds. The first kappa shape index (κ1) is 17.9. The Labute approximate surface area is 153 Å².